The van der Waals surface area contributed by atoms with Crippen molar-refractivity contribution in [1.82, 2.24) is 10.1 Å². The average Bonchev–Trinajstić information content (AvgIpc) is 2.66. The predicted octanol–water partition coefficient (Wildman–Crippen LogP) is 2.67. The number of para-hydroxylation sites is 1. The summed E-state index contributed by atoms with van der Waals surface area (Å²) in [7, 11) is 0. The Morgan fingerprint density at radius 3 is 2.59 bits per heavy atom. The summed E-state index contributed by atoms with van der Waals surface area (Å²) in [5.74, 6) is -0.110. The molecule has 0 spiro atoms. The summed E-state index contributed by atoms with van der Waals surface area (Å²) in [5, 5.41) is 5.16. The van der Waals surface area contributed by atoms with Gasteiger partial charge in [-0.25, -0.2) is 4.90 Å². The van der Waals surface area contributed by atoms with E-state index < -0.39 is 6.17 Å². The normalized spacial score (nSPS) is 15.2. The number of anilines is 1. The van der Waals surface area contributed by atoms with Gasteiger partial charge in [0.2, 0.25) is 11.1 Å². The van der Waals surface area contributed by atoms with Gasteiger partial charge in [0.25, 0.3) is 6.17 Å². The van der Waals surface area contributed by atoms with E-state index in [9.17, 15) is 9.59 Å². The second-order valence-corrected chi connectivity index (χ2v) is 7.19. The minimum Gasteiger partial charge on any atom is -0.291 e. The van der Waals surface area contributed by atoms with Crippen LogP contribution < -0.4 is 15.1 Å². The number of rotatable bonds is 2. The highest BCUT2D eigenvalue weighted by Gasteiger charge is 2.45. The quantitative estimate of drug-likeness (QED) is 0.549. The van der Waals surface area contributed by atoms with E-state index in [4.69, 9.17) is 0 Å². The summed E-state index contributed by atoms with van der Waals surface area (Å²) in [6.45, 7) is 3.54. The van der Waals surface area contributed by atoms with E-state index in [0.29, 0.717) is 22.1 Å². The largest absolute Gasteiger partial charge is 0.325 e. The van der Waals surface area contributed by atoms with E-state index in [0.717, 1.165) is 11.1 Å². The Kier molecular flexibility index (Phi) is 4.31. The van der Waals surface area contributed by atoms with Gasteiger partial charge in [-0.05, 0) is 41.6 Å². The first kappa shape index (κ1) is 17.5. The number of hydrogen-bond acceptors (Lipinski definition) is 4. The molecule has 0 aliphatic carbocycles. The van der Waals surface area contributed by atoms with E-state index in [1.807, 2.05) is 61.7 Å². The third-order valence-corrected chi connectivity index (χ3v) is 5.33. The van der Waals surface area contributed by atoms with Crippen molar-refractivity contribution in [3.8, 4) is 11.3 Å². The number of aryl methyl sites for hydroxylation is 1. The van der Waals surface area contributed by atoms with Gasteiger partial charge >= 0.3 is 11.3 Å². The second-order valence-electron chi connectivity index (χ2n) is 6.39. The predicted molar refractivity (Wildman–Crippen MR) is 105 cm³/mol. The SMILES string of the molecule is CSc1n[n+]2c(c(=O)[nH]1)-c1ccccc1N(C(C)=O)[C@H]2c1ccccc1C. The number of nitrogens with one attached hydrogen (secondary N) is 1. The minimum atomic E-state index is -0.526. The smallest absolute Gasteiger partial charge is 0.291 e. The standard InChI is InChI=1S/C20H18N4O2S/c1-12-8-4-5-9-14(12)19-23(13(2)25)16-11-7-6-10-15(16)17-18(26)21-20(27-3)22-24(17)19/h4-11,19H,1-3H3/p+1/t19-/m1/s1. The van der Waals surface area contributed by atoms with Crippen LogP contribution in [-0.4, -0.2) is 22.2 Å². The zero-order valence-electron chi connectivity index (χ0n) is 15.3. The lowest BCUT2D eigenvalue weighted by Crippen LogP contribution is -2.60. The number of carbonyl (C=O) groups is 1. The summed E-state index contributed by atoms with van der Waals surface area (Å²) in [6, 6.07) is 15.3. The maximum Gasteiger partial charge on any atom is 0.325 e. The molecule has 0 saturated carbocycles. The van der Waals surface area contributed by atoms with Gasteiger partial charge in [-0.15, -0.1) is 0 Å². The number of fused-ring (bicyclic) bond motifs is 3. The van der Waals surface area contributed by atoms with Crippen molar-refractivity contribution < 1.29 is 9.48 Å². The van der Waals surface area contributed by atoms with E-state index in [1.54, 1.807) is 9.58 Å². The maximum absolute atomic E-state index is 12.9. The van der Waals surface area contributed by atoms with Crippen LogP contribution in [0, 0.1) is 6.92 Å². The molecule has 3 aromatic rings. The van der Waals surface area contributed by atoms with Gasteiger partial charge in [-0.3, -0.25) is 14.6 Å². The van der Waals surface area contributed by atoms with Gasteiger partial charge in [0, 0.05) is 17.6 Å². The molecule has 6 nitrogen and oxygen atoms in total. The number of H-pyrrole nitrogens is 1. The topological polar surface area (TPSA) is 69.9 Å². The van der Waals surface area contributed by atoms with Gasteiger partial charge < -0.3 is 0 Å². The third-order valence-electron chi connectivity index (χ3n) is 4.76. The number of hydrogen-bond donors (Lipinski definition) is 1. The van der Waals surface area contributed by atoms with Crippen molar-refractivity contribution >= 4 is 23.4 Å². The highest BCUT2D eigenvalue weighted by Crippen LogP contribution is 2.37. The zero-order valence-corrected chi connectivity index (χ0v) is 16.1. The first-order chi connectivity index (χ1) is 13.0. The van der Waals surface area contributed by atoms with Crippen molar-refractivity contribution in [3.63, 3.8) is 0 Å². The number of carbonyl (C=O) groups excluding carboxylic acids is 1. The number of aromatic amines is 1. The molecule has 4 rings (SSSR count). The maximum atomic E-state index is 12.9. The van der Waals surface area contributed by atoms with Crippen LogP contribution >= 0.6 is 11.8 Å². The molecule has 0 fully saturated rings. The van der Waals surface area contributed by atoms with Gasteiger partial charge in [-0.2, -0.15) is 0 Å². The van der Waals surface area contributed by atoms with E-state index in [2.05, 4.69) is 10.1 Å². The molecule has 0 radical (unpaired) electrons. The van der Waals surface area contributed by atoms with Gasteiger partial charge in [0.05, 0.1) is 11.3 Å². The lowest BCUT2D eigenvalue weighted by atomic mass is 9.99. The van der Waals surface area contributed by atoms with Crippen LogP contribution in [0.1, 0.15) is 24.2 Å². The number of nitrogens with zero attached hydrogens (tertiary/aromatic N) is 3. The monoisotopic (exact) mass is 379 g/mol. The molecule has 27 heavy (non-hydrogen) atoms. The van der Waals surface area contributed by atoms with Crippen molar-refractivity contribution in [2.24, 2.45) is 0 Å². The Morgan fingerprint density at radius 2 is 1.89 bits per heavy atom. The van der Waals surface area contributed by atoms with Crippen LogP contribution in [0.2, 0.25) is 0 Å². The van der Waals surface area contributed by atoms with Crippen molar-refractivity contribution in [3.05, 3.63) is 70.0 Å². The molecule has 1 atom stereocenters. The van der Waals surface area contributed by atoms with E-state index in [-0.39, 0.29) is 11.5 Å². The summed E-state index contributed by atoms with van der Waals surface area (Å²) in [4.78, 5) is 30.1. The van der Waals surface area contributed by atoms with Crippen molar-refractivity contribution in [2.45, 2.75) is 25.2 Å². The molecule has 0 unspecified atom stereocenters. The van der Waals surface area contributed by atoms with Gasteiger partial charge in [0.15, 0.2) is 0 Å². The number of aromatic nitrogens is 3. The number of amides is 1. The van der Waals surface area contributed by atoms with E-state index in [1.165, 1.54) is 18.7 Å². The Bertz CT molecular complexity index is 1110. The molecule has 1 aromatic heterocycles. The van der Waals surface area contributed by atoms with Gasteiger partial charge in [0.1, 0.15) is 0 Å². The Hall–Kier alpha value is -2.93. The molecule has 2 aromatic carbocycles. The molecule has 1 aliphatic rings. The summed E-state index contributed by atoms with van der Waals surface area (Å²) < 4.78 is 1.68. The molecule has 1 aliphatic heterocycles. The minimum absolute atomic E-state index is 0.110. The zero-order chi connectivity index (χ0) is 19.1. The fourth-order valence-electron chi connectivity index (χ4n) is 3.56. The molecule has 1 amide bonds. The Labute approximate surface area is 160 Å². The van der Waals surface area contributed by atoms with Crippen LogP contribution in [0.5, 0.6) is 0 Å². The lowest BCUT2D eigenvalue weighted by molar-refractivity contribution is -0.763. The fourth-order valence-corrected chi connectivity index (χ4v) is 3.93. The first-order valence-corrected chi connectivity index (χ1v) is 9.80. The summed E-state index contributed by atoms with van der Waals surface area (Å²) in [5.41, 5.74) is 3.59. The summed E-state index contributed by atoms with van der Waals surface area (Å²) >= 11 is 1.36. The fraction of sp³-hybridized carbons (Fsp3) is 0.200. The third kappa shape index (κ3) is 2.75. The van der Waals surface area contributed by atoms with Crippen LogP contribution in [-0.2, 0) is 4.79 Å². The molecular formula is C20H19N4O2S+. The Morgan fingerprint density at radius 1 is 1.19 bits per heavy atom. The summed E-state index contributed by atoms with van der Waals surface area (Å²) in [6.07, 6.45) is 1.33. The van der Waals surface area contributed by atoms with Crippen LogP contribution in [0.4, 0.5) is 5.69 Å². The van der Waals surface area contributed by atoms with E-state index >= 15 is 0 Å². The molecule has 2 heterocycles. The first-order valence-electron chi connectivity index (χ1n) is 8.57. The molecule has 7 heteroatoms. The van der Waals surface area contributed by atoms with Gasteiger partial charge in [-0.1, -0.05) is 42.1 Å². The molecule has 1 N–H and O–H groups in total. The molecule has 136 valence electrons. The average molecular weight is 379 g/mol. The highest BCUT2D eigenvalue weighted by atomic mass is 32.2. The Balaban J connectivity index is 2.12. The van der Waals surface area contributed by atoms with Crippen molar-refractivity contribution in [2.75, 3.05) is 11.2 Å². The number of benzene rings is 2. The molecule has 0 saturated heterocycles. The molecular weight excluding hydrogens is 360 g/mol. The number of thioether (sulfide) groups is 1. The van der Waals surface area contributed by atoms with Crippen LogP contribution in [0.3, 0.4) is 0 Å². The van der Waals surface area contributed by atoms with Crippen molar-refractivity contribution in [1.29, 1.82) is 0 Å². The lowest BCUT2D eigenvalue weighted by Gasteiger charge is -2.31. The van der Waals surface area contributed by atoms with Crippen LogP contribution in [0.25, 0.3) is 11.3 Å². The molecule has 0 bridgehead atoms. The second kappa shape index (κ2) is 6.66. The highest BCUT2D eigenvalue weighted by molar-refractivity contribution is 7.98. The van der Waals surface area contributed by atoms with Crippen LogP contribution in [0.15, 0.2) is 58.5 Å².